The fraction of sp³-hybridized carbons (Fsp3) is 0.273. The van der Waals surface area contributed by atoms with Gasteiger partial charge in [-0.15, -0.1) is 0 Å². The molecule has 1 saturated carbocycles. The molecule has 8 heteroatoms. The quantitative estimate of drug-likeness (QED) is 0.796. The number of nitrogens with two attached hydrogens (primary N) is 2. The maximum Gasteiger partial charge on any atom is 0.205 e. The predicted molar refractivity (Wildman–Crippen MR) is 117 cm³/mol. The summed E-state index contributed by atoms with van der Waals surface area (Å²) in [4.78, 5) is 8.37. The molecule has 5 rings (SSSR count). The van der Waals surface area contributed by atoms with Gasteiger partial charge in [0.2, 0.25) is 5.96 Å². The summed E-state index contributed by atoms with van der Waals surface area (Å²) in [5, 5.41) is 4.26. The van der Waals surface area contributed by atoms with E-state index in [4.69, 9.17) is 16.2 Å². The largest absolute Gasteiger partial charge is 0.495 e. The Morgan fingerprint density at radius 2 is 2.03 bits per heavy atom. The van der Waals surface area contributed by atoms with Gasteiger partial charge in [-0.2, -0.15) is 5.10 Å². The first kappa shape index (κ1) is 18.4. The van der Waals surface area contributed by atoms with E-state index in [0.29, 0.717) is 23.4 Å². The lowest BCUT2D eigenvalue weighted by atomic mass is 10.0. The molecule has 3 heterocycles. The van der Waals surface area contributed by atoms with Gasteiger partial charge in [0.05, 0.1) is 24.7 Å². The molecule has 0 saturated heterocycles. The Kier molecular flexibility index (Phi) is 4.27. The fourth-order valence-electron chi connectivity index (χ4n) is 3.86. The number of guanidine groups is 1. The first-order valence-electron chi connectivity index (χ1n) is 10.0. The number of fused-ring (bicyclic) bond motifs is 1. The third-order valence-corrected chi connectivity index (χ3v) is 5.66. The lowest BCUT2D eigenvalue weighted by Crippen LogP contribution is -2.43. The van der Waals surface area contributed by atoms with Gasteiger partial charge in [0, 0.05) is 43.3 Å². The molecule has 0 atom stereocenters. The second-order valence-electron chi connectivity index (χ2n) is 7.84. The minimum absolute atomic E-state index is 0.353. The molecule has 1 aliphatic carbocycles. The first-order valence-corrected chi connectivity index (χ1v) is 10.0. The molecule has 4 N–H and O–H groups in total. The van der Waals surface area contributed by atoms with Gasteiger partial charge in [0.1, 0.15) is 11.6 Å². The van der Waals surface area contributed by atoms with Gasteiger partial charge in [-0.25, -0.2) is 4.99 Å². The van der Waals surface area contributed by atoms with E-state index in [1.54, 1.807) is 18.0 Å². The Labute approximate surface area is 175 Å². The van der Waals surface area contributed by atoms with Crippen molar-refractivity contribution in [2.24, 2.45) is 29.4 Å². The van der Waals surface area contributed by atoms with Gasteiger partial charge in [0.25, 0.3) is 0 Å². The van der Waals surface area contributed by atoms with Crippen molar-refractivity contribution in [2.45, 2.75) is 12.8 Å². The molecule has 0 unspecified atom stereocenters. The molecular formula is C22H25N7O. The zero-order valence-corrected chi connectivity index (χ0v) is 17.1. The van der Waals surface area contributed by atoms with Crippen LogP contribution in [-0.4, -0.2) is 34.3 Å². The summed E-state index contributed by atoms with van der Waals surface area (Å²) in [6, 6.07) is 5.99. The van der Waals surface area contributed by atoms with Crippen molar-refractivity contribution >= 4 is 11.6 Å². The number of rotatable bonds is 5. The van der Waals surface area contributed by atoms with Crippen molar-refractivity contribution < 1.29 is 4.74 Å². The van der Waals surface area contributed by atoms with E-state index in [0.717, 1.165) is 34.6 Å². The molecule has 1 aromatic carbocycles. The number of benzene rings is 1. The van der Waals surface area contributed by atoms with E-state index in [2.05, 4.69) is 15.0 Å². The summed E-state index contributed by atoms with van der Waals surface area (Å²) in [6.45, 7) is 0.918. The molecule has 8 nitrogen and oxygen atoms in total. The molecule has 0 amide bonds. The van der Waals surface area contributed by atoms with Crippen molar-refractivity contribution in [3.63, 3.8) is 0 Å². The van der Waals surface area contributed by atoms with Crippen LogP contribution in [0.3, 0.4) is 0 Å². The van der Waals surface area contributed by atoms with Gasteiger partial charge >= 0.3 is 0 Å². The summed E-state index contributed by atoms with van der Waals surface area (Å²) in [5.74, 6) is 2.41. The predicted octanol–water partition coefficient (Wildman–Crippen LogP) is 2.48. The van der Waals surface area contributed by atoms with Crippen molar-refractivity contribution in [3.05, 3.63) is 66.2 Å². The number of hydrogen-bond acceptors (Lipinski definition) is 7. The molecular weight excluding hydrogens is 378 g/mol. The highest BCUT2D eigenvalue weighted by atomic mass is 16.5. The Morgan fingerprint density at radius 1 is 1.20 bits per heavy atom. The van der Waals surface area contributed by atoms with Crippen LogP contribution in [0.25, 0.3) is 11.1 Å². The smallest absolute Gasteiger partial charge is 0.205 e. The number of methoxy groups -OCH3 is 1. The lowest BCUT2D eigenvalue weighted by Gasteiger charge is -2.36. The standard InChI is InChI=1S/C22H25N7O/c1-27-13-17(11-26-27)15-5-6-18(19(9-15)30-2)29-20-16(10-25-22(29)24)7-8-28(21(20)23)12-14-3-4-14/h5-11,13-14H,3-4,12,23H2,1-2H3,(H2,24,25). The van der Waals surface area contributed by atoms with Crippen LogP contribution in [0.15, 0.2) is 71.2 Å². The highest BCUT2D eigenvalue weighted by Gasteiger charge is 2.32. The number of ether oxygens (including phenoxy) is 1. The summed E-state index contributed by atoms with van der Waals surface area (Å²) in [5.41, 5.74) is 17.5. The number of aryl methyl sites for hydroxylation is 1. The third-order valence-electron chi connectivity index (χ3n) is 5.66. The van der Waals surface area contributed by atoms with Gasteiger partial charge < -0.3 is 21.1 Å². The second-order valence-corrected chi connectivity index (χ2v) is 7.84. The molecule has 0 radical (unpaired) electrons. The molecule has 3 aliphatic rings. The van der Waals surface area contributed by atoms with Crippen molar-refractivity contribution in [2.75, 3.05) is 18.6 Å². The first-order chi connectivity index (χ1) is 14.5. The Bertz CT molecular complexity index is 1120. The third kappa shape index (κ3) is 3.10. The number of nitrogens with zero attached hydrogens (tertiary/aromatic N) is 5. The molecule has 2 aliphatic heterocycles. The highest BCUT2D eigenvalue weighted by molar-refractivity contribution is 6.02. The number of allylic oxidation sites excluding steroid dienone is 1. The maximum atomic E-state index is 6.62. The molecule has 1 fully saturated rings. The van der Waals surface area contributed by atoms with E-state index >= 15 is 0 Å². The molecule has 154 valence electrons. The van der Waals surface area contributed by atoms with Gasteiger partial charge in [-0.3, -0.25) is 9.58 Å². The van der Waals surface area contributed by atoms with Crippen LogP contribution in [0.2, 0.25) is 0 Å². The normalized spacial score (nSPS) is 18.3. The Hall–Kier alpha value is -3.68. The Balaban J connectivity index is 1.57. The minimum Gasteiger partial charge on any atom is -0.495 e. The summed E-state index contributed by atoms with van der Waals surface area (Å²) >= 11 is 0. The van der Waals surface area contributed by atoms with Crippen LogP contribution in [0, 0.1) is 5.92 Å². The van der Waals surface area contributed by atoms with Gasteiger partial charge in [-0.1, -0.05) is 6.07 Å². The summed E-state index contributed by atoms with van der Waals surface area (Å²) in [6.07, 6.45) is 12.1. The SMILES string of the molecule is COc1cc(-c2cnn(C)c2)ccc1N1C(N)=NC=C2C=CN(CC3CC3)C(N)=C21. The second kappa shape index (κ2) is 6.98. The number of aliphatic imine (C=N–C) groups is 1. The van der Waals surface area contributed by atoms with Crippen molar-refractivity contribution in [3.8, 4) is 16.9 Å². The Morgan fingerprint density at radius 3 is 2.73 bits per heavy atom. The van der Waals surface area contributed by atoms with Crippen LogP contribution in [0.5, 0.6) is 5.75 Å². The topological polar surface area (TPSA) is 97.9 Å². The average Bonchev–Trinajstić information content (AvgIpc) is 3.47. The van der Waals surface area contributed by atoms with Crippen LogP contribution in [0.4, 0.5) is 5.69 Å². The number of hydrogen-bond donors (Lipinski definition) is 2. The maximum absolute atomic E-state index is 6.62. The zero-order chi connectivity index (χ0) is 20.8. The van der Waals surface area contributed by atoms with Crippen LogP contribution in [-0.2, 0) is 7.05 Å². The summed E-state index contributed by atoms with van der Waals surface area (Å²) in [7, 11) is 3.55. The van der Waals surface area contributed by atoms with Crippen molar-refractivity contribution in [1.82, 2.24) is 14.7 Å². The van der Waals surface area contributed by atoms with Gasteiger partial charge in [0.15, 0.2) is 0 Å². The molecule has 0 bridgehead atoms. The molecule has 2 aromatic rings. The van der Waals surface area contributed by atoms with Crippen LogP contribution < -0.4 is 21.1 Å². The molecule has 30 heavy (non-hydrogen) atoms. The van der Waals surface area contributed by atoms with E-state index in [1.807, 2.05) is 54.8 Å². The van der Waals surface area contributed by atoms with Crippen molar-refractivity contribution in [1.29, 1.82) is 0 Å². The lowest BCUT2D eigenvalue weighted by molar-refractivity contribution is 0.414. The van der Waals surface area contributed by atoms with E-state index in [9.17, 15) is 0 Å². The highest BCUT2D eigenvalue weighted by Crippen LogP contribution is 2.40. The average molecular weight is 403 g/mol. The summed E-state index contributed by atoms with van der Waals surface area (Å²) < 4.78 is 7.51. The zero-order valence-electron chi connectivity index (χ0n) is 17.1. The monoisotopic (exact) mass is 403 g/mol. The van der Waals surface area contributed by atoms with Crippen LogP contribution in [0.1, 0.15) is 12.8 Å². The van der Waals surface area contributed by atoms with E-state index in [1.165, 1.54) is 12.8 Å². The molecule has 1 aromatic heterocycles. The number of anilines is 1. The van der Waals surface area contributed by atoms with Crippen LogP contribution >= 0.6 is 0 Å². The number of aromatic nitrogens is 2. The van der Waals surface area contributed by atoms with Gasteiger partial charge in [-0.05, 0) is 42.5 Å². The minimum atomic E-state index is 0.353. The molecule has 0 spiro atoms. The van der Waals surface area contributed by atoms with E-state index < -0.39 is 0 Å². The fourth-order valence-corrected chi connectivity index (χ4v) is 3.86. The van der Waals surface area contributed by atoms with E-state index in [-0.39, 0.29) is 0 Å².